The molecule has 2 atom stereocenters. The molecule has 0 radical (unpaired) electrons. The fraction of sp³-hybridized carbons (Fsp3) is 0.500. The average molecular weight is 266 g/mol. The third-order valence-electron chi connectivity index (χ3n) is 3.30. The van der Waals surface area contributed by atoms with Gasteiger partial charge in [0.15, 0.2) is 0 Å². The molecule has 1 saturated heterocycles. The fourth-order valence-electron chi connectivity index (χ4n) is 2.52. The van der Waals surface area contributed by atoms with Crippen LogP contribution in [0.15, 0.2) is 24.3 Å². The van der Waals surface area contributed by atoms with Crippen molar-refractivity contribution < 1.29 is 14.3 Å². The molecular weight excluding hydrogens is 247 g/mol. The van der Waals surface area contributed by atoms with Gasteiger partial charge in [0.1, 0.15) is 5.82 Å². The Balaban J connectivity index is 2.17. The molecule has 2 rings (SSSR count). The van der Waals surface area contributed by atoms with E-state index in [4.69, 9.17) is 0 Å². The largest absolute Gasteiger partial charge is 0.391 e. The first kappa shape index (κ1) is 14.0. The predicted molar refractivity (Wildman–Crippen MR) is 70.4 cm³/mol. The Bertz CT molecular complexity index is 465. The first-order valence-electron chi connectivity index (χ1n) is 6.36. The van der Waals surface area contributed by atoms with Gasteiger partial charge in [0.25, 0.3) is 5.91 Å². The molecule has 0 aliphatic carbocycles. The van der Waals surface area contributed by atoms with Crippen molar-refractivity contribution in [3.05, 3.63) is 35.6 Å². The van der Waals surface area contributed by atoms with Crippen LogP contribution >= 0.6 is 0 Å². The standard InChI is InChI=1S/C14H19FN2O2/c1-16(2)8-12-7-13(18)9-17(12)14(19)10-4-3-5-11(15)6-10/h3-6,12-13,18H,7-9H2,1-2H3. The summed E-state index contributed by atoms with van der Waals surface area (Å²) in [4.78, 5) is 16.0. The molecule has 1 fully saturated rings. The minimum absolute atomic E-state index is 0.0271. The number of carbonyl (C=O) groups is 1. The maximum Gasteiger partial charge on any atom is 0.254 e. The summed E-state index contributed by atoms with van der Waals surface area (Å²) in [6, 6.07) is 5.65. The summed E-state index contributed by atoms with van der Waals surface area (Å²) >= 11 is 0. The van der Waals surface area contributed by atoms with Crippen LogP contribution < -0.4 is 0 Å². The van der Waals surface area contributed by atoms with E-state index in [9.17, 15) is 14.3 Å². The topological polar surface area (TPSA) is 43.8 Å². The summed E-state index contributed by atoms with van der Waals surface area (Å²) in [6.07, 6.45) is 0.0710. The molecule has 5 heteroatoms. The van der Waals surface area contributed by atoms with Crippen molar-refractivity contribution in [1.29, 1.82) is 0 Å². The smallest absolute Gasteiger partial charge is 0.254 e. The lowest BCUT2D eigenvalue weighted by molar-refractivity contribution is 0.0698. The number of aliphatic hydroxyl groups is 1. The van der Waals surface area contributed by atoms with Gasteiger partial charge in [0, 0.05) is 24.7 Å². The predicted octanol–water partition coefficient (Wildman–Crippen LogP) is 0.963. The van der Waals surface area contributed by atoms with Gasteiger partial charge in [-0.05, 0) is 38.7 Å². The van der Waals surface area contributed by atoms with Crippen molar-refractivity contribution in [3.8, 4) is 0 Å². The maximum absolute atomic E-state index is 13.2. The third kappa shape index (κ3) is 3.30. The lowest BCUT2D eigenvalue weighted by Crippen LogP contribution is -2.41. The van der Waals surface area contributed by atoms with E-state index in [0.717, 1.165) is 0 Å². The Morgan fingerprint density at radius 3 is 2.89 bits per heavy atom. The second-order valence-corrected chi connectivity index (χ2v) is 5.27. The number of hydrogen-bond donors (Lipinski definition) is 1. The number of amides is 1. The lowest BCUT2D eigenvalue weighted by atomic mass is 10.1. The quantitative estimate of drug-likeness (QED) is 0.886. The second-order valence-electron chi connectivity index (χ2n) is 5.27. The Morgan fingerprint density at radius 2 is 2.26 bits per heavy atom. The third-order valence-corrected chi connectivity index (χ3v) is 3.30. The van der Waals surface area contributed by atoms with E-state index in [2.05, 4.69) is 0 Å². The fourth-order valence-corrected chi connectivity index (χ4v) is 2.52. The molecule has 0 bridgehead atoms. The summed E-state index contributed by atoms with van der Waals surface area (Å²) in [5.74, 6) is -0.641. The molecule has 0 saturated carbocycles. The molecular formula is C14H19FN2O2. The molecule has 1 heterocycles. The zero-order valence-corrected chi connectivity index (χ0v) is 11.2. The highest BCUT2D eigenvalue weighted by Crippen LogP contribution is 2.21. The van der Waals surface area contributed by atoms with Crippen LogP contribution in [0.25, 0.3) is 0 Å². The highest BCUT2D eigenvalue weighted by atomic mass is 19.1. The zero-order chi connectivity index (χ0) is 14.0. The van der Waals surface area contributed by atoms with E-state index in [1.165, 1.54) is 18.2 Å². The van der Waals surface area contributed by atoms with Crippen molar-refractivity contribution in [3.63, 3.8) is 0 Å². The van der Waals surface area contributed by atoms with Crippen molar-refractivity contribution in [2.24, 2.45) is 0 Å². The number of hydrogen-bond acceptors (Lipinski definition) is 3. The van der Waals surface area contributed by atoms with Gasteiger partial charge in [-0.25, -0.2) is 4.39 Å². The number of β-amino-alcohol motifs (C(OH)–C–C–N with tert-alkyl or cyclic N) is 1. The minimum atomic E-state index is -0.498. The van der Waals surface area contributed by atoms with E-state index < -0.39 is 11.9 Å². The van der Waals surface area contributed by atoms with Crippen molar-refractivity contribution in [2.75, 3.05) is 27.2 Å². The SMILES string of the molecule is CN(C)CC1CC(O)CN1C(=O)c1cccc(F)c1. The molecule has 1 aromatic carbocycles. The number of likely N-dealkylation sites (N-methyl/N-ethyl adjacent to an activating group) is 1. The van der Waals surface area contributed by atoms with Crippen LogP contribution in [0.5, 0.6) is 0 Å². The first-order chi connectivity index (χ1) is 8.97. The van der Waals surface area contributed by atoms with E-state index in [1.54, 1.807) is 11.0 Å². The average Bonchev–Trinajstić information content (AvgIpc) is 2.68. The number of benzene rings is 1. The van der Waals surface area contributed by atoms with Gasteiger partial charge in [-0.2, -0.15) is 0 Å². The number of aliphatic hydroxyl groups excluding tert-OH is 1. The van der Waals surface area contributed by atoms with Crippen LogP contribution in [0.3, 0.4) is 0 Å². The van der Waals surface area contributed by atoms with Crippen LogP contribution in [-0.4, -0.2) is 60.1 Å². The maximum atomic E-state index is 13.2. The summed E-state index contributed by atoms with van der Waals surface area (Å²) in [6.45, 7) is 1.01. The number of halogens is 1. The molecule has 1 aromatic rings. The zero-order valence-electron chi connectivity index (χ0n) is 11.2. The minimum Gasteiger partial charge on any atom is -0.391 e. The van der Waals surface area contributed by atoms with Crippen LogP contribution in [0, 0.1) is 5.82 Å². The van der Waals surface area contributed by atoms with E-state index >= 15 is 0 Å². The number of rotatable bonds is 3. The van der Waals surface area contributed by atoms with Gasteiger partial charge in [-0.1, -0.05) is 6.07 Å². The van der Waals surface area contributed by atoms with E-state index in [1.807, 2.05) is 19.0 Å². The highest BCUT2D eigenvalue weighted by molar-refractivity contribution is 5.94. The molecule has 1 aliphatic heterocycles. The first-order valence-corrected chi connectivity index (χ1v) is 6.36. The number of likely N-dealkylation sites (tertiary alicyclic amines) is 1. The number of nitrogens with zero attached hydrogens (tertiary/aromatic N) is 2. The van der Waals surface area contributed by atoms with Gasteiger partial charge in [-0.15, -0.1) is 0 Å². The van der Waals surface area contributed by atoms with Crippen LogP contribution in [0.4, 0.5) is 4.39 Å². The summed E-state index contributed by atoms with van der Waals surface area (Å²) in [7, 11) is 3.85. The molecule has 2 unspecified atom stereocenters. The molecule has 4 nitrogen and oxygen atoms in total. The van der Waals surface area contributed by atoms with Gasteiger partial charge < -0.3 is 14.9 Å². The molecule has 0 aromatic heterocycles. The van der Waals surface area contributed by atoms with E-state index in [-0.39, 0.29) is 11.9 Å². The summed E-state index contributed by atoms with van der Waals surface area (Å²) in [5, 5.41) is 9.75. The second kappa shape index (κ2) is 5.67. The van der Waals surface area contributed by atoms with Crippen LogP contribution in [-0.2, 0) is 0 Å². The Hall–Kier alpha value is -1.46. The monoisotopic (exact) mass is 266 g/mol. The molecule has 1 N–H and O–H groups in total. The van der Waals surface area contributed by atoms with Crippen LogP contribution in [0.2, 0.25) is 0 Å². The summed E-state index contributed by atoms with van der Waals surface area (Å²) < 4.78 is 13.2. The van der Waals surface area contributed by atoms with E-state index in [0.29, 0.717) is 25.1 Å². The molecule has 0 spiro atoms. The molecule has 1 aliphatic rings. The normalized spacial score (nSPS) is 23.1. The Labute approximate surface area is 112 Å². The highest BCUT2D eigenvalue weighted by Gasteiger charge is 2.34. The van der Waals surface area contributed by atoms with Gasteiger partial charge in [0.2, 0.25) is 0 Å². The molecule has 19 heavy (non-hydrogen) atoms. The summed E-state index contributed by atoms with van der Waals surface area (Å²) in [5.41, 5.74) is 0.331. The Morgan fingerprint density at radius 1 is 1.53 bits per heavy atom. The molecule has 1 amide bonds. The van der Waals surface area contributed by atoms with Crippen LogP contribution in [0.1, 0.15) is 16.8 Å². The molecule has 104 valence electrons. The van der Waals surface area contributed by atoms with Crippen molar-refractivity contribution >= 4 is 5.91 Å². The van der Waals surface area contributed by atoms with Crippen molar-refractivity contribution in [2.45, 2.75) is 18.6 Å². The van der Waals surface area contributed by atoms with Gasteiger partial charge in [-0.3, -0.25) is 4.79 Å². The number of carbonyl (C=O) groups excluding carboxylic acids is 1. The Kier molecular flexibility index (Phi) is 4.17. The van der Waals surface area contributed by atoms with Gasteiger partial charge >= 0.3 is 0 Å². The van der Waals surface area contributed by atoms with Gasteiger partial charge in [0.05, 0.1) is 6.10 Å². The lowest BCUT2D eigenvalue weighted by Gasteiger charge is -2.26. The van der Waals surface area contributed by atoms with Crippen molar-refractivity contribution in [1.82, 2.24) is 9.80 Å².